The maximum Gasteiger partial charge on any atom is 0.161 e. The summed E-state index contributed by atoms with van der Waals surface area (Å²) in [6.07, 6.45) is 0.147. The zero-order valence-electron chi connectivity index (χ0n) is 11.6. The fourth-order valence-electron chi connectivity index (χ4n) is 2.30. The van der Waals surface area contributed by atoms with Gasteiger partial charge < -0.3 is 19.9 Å². The van der Waals surface area contributed by atoms with Crippen LogP contribution in [0.3, 0.4) is 0 Å². The molecule has 1 aliphatic rings. The van der Waals surface area contributed by atoms with Gasteiger partial charge in [-0.2, -0.15) is 0 Å². The third-order valence-corrected chi connectivity index (χ3v) is 3.34. The molecule has 1 heterocycles. The van der Waals surface area contributed by atoms with E-state index in [9.17, 15) is 0 Å². The van der Waals surface area contributed by atoms with Crippen molar-refractivity contribution < 1.29 is 14.2 Å². The van der Waals surface area contributed by atoms with Gasteiger partial charge in [-0.25, -0.2) is 0 Å². The van der Waals surface area contributed by atoms with Gasteiger partial charge in [0.2, 0.25) is 0 Å². The first kappa shape index (κ1) is 14.1. The first-order chi connectivity index (χ1) is 9.26. The molecular weight excluding hydrogens is 244 g/mol. The average molecular weight is 266 g/mol. The molecule has 0 saturated carbocycles. The quantitative estimate of drug-likeness (QED) is 0.857. The molecule has 0 radical (unpaired) electrons. The first-order valence-electron chi connectivity index (χ1n) is 6.51. The summed E-state index contributed by atoms with van der Waals surface area (Å²) in [6, 6.07) is 6.02. The number of benzene rings is 1. The lowest BCUT2D eigenvalue weighted by molar-refractivity contribution is -0.0260. The van der Waals surface area contributed by atoms with E-state index < -0.39 is 0 Å². The predicted molar refractivity (Wildman–Crippen MR) is 73.6 cm³/mol. The van der Waals surface area contributed by atoms with Crippen LogP contribution in [0.25, 0.3) is 0 Å². The molecule has 0 spiro atoms. The van der Waals surface area contributed by atoms with Crippen LogP contribution in [-0.2, 0) is 11.3 Å². The molecule has 0 amide bonds. The van der Waals surface area contributed by atoms with Crippen LogP contribution < -0.4 is 15.2 Å². The summed E-state index contributed by atoms with van der Waals surface area (Å²) < 4.78 is 16.1. The molecule has 2 N–H and O–H groups in total. The van der Waals surface area contributed by atoms with E-state index in [1.807, 2.05) is 12.1 Å². The number of methoxy groups -OCH3 is 2. The summed E-state index contributed by atoms with van der Waals surface area (Å²) in [6.45, 7) is 4.01. The highest BCUT2D eigenvalue weighted by molar-refractivity contribution is 5.42. The van der Waals surface area contributed by atoms with Crippen molar-refractivity contribution in [3.05, 3.63) is 23.8 Å². The molecule has 1 aliphatic heterocycles. The van der Waals surface area contributed by atoms with E-state index in [2.05, 4.69) is 11.0 Å². The molecule has 106 valence electrons. The van der Waals surface area contributed by atoms with Crippen molar-refractivity contribution >= 4 is 0 Å². The lowest BCUT2D eigenvalue weighted by Crippen LogP contribution is -2.45. The summed E-state index contributed by atoms with van der Waals surface area (Å²) in [5, 5.41) is 0. The monoisotopic (exact) mass is 266 g/mol. The van der Waals surface area contributed by atoms with E-state index in [1.54, 1.807) is 14.2 Å². The van der Waals surface area contributed by atoms with Crippen molar-refractivity contribution in [3.63, 3.8) is 0 Å². The Bertz CT molecular complexity index is 412. The zero-order valence-corrected chi connectivity index (χ0v) is 11.6. The Kier molecular flexibility index (Phi) is 5.01. The second-order valence-electron chi connectivity index (χ2n) is 4.65. The van der Waals surface area contributed by atoms with Gasteiger partial charge >= 0.3 is 0 Å². The minimum absolute atomic E-state index is 0.147. The van der Waals surface area contributed by atoms with Crippen LogP contribution in [0.2, 0.25) is 0 Å². The maximum absolute atomic E-state index is 5.65. The van der Waals surface area contributed by atoms with Crippen molar-refractivity contribution in [3.8, 4) is 11.5 Å². The minimum Gasteiger partial charge on any atom is -0.493 e. The summed E-state index contributed by atoms with van der Waals surface area (Å²) in [5.74, 6) is 1.52. The number of morpholine rings is 1. The number of nitrogens with zero attached hydrogens (tertiary/aromatic N) is 1. The third-order valence-electron chi connectivity index (χ3n) is 3.34. The van der Waals surface area contributed by atoms with Gasteiger partial charge in [-0.1, -0.05) is 6.07 Å². The van der Waals surface area contributed by atoms with Crippen LogP contribution >= 0.6 is 0 Å². The maximum atomic E-state index is 5.65. The first-order valence-corrected chi connectivity index (χ1v) is 6.51. The minimum atomic E-state index is 0.147. The molecule has 2 rings (SSSR count). The van der Waals surface area contributed by atoms with Gasteiger partial charge in [0.1, 0.15) is 0 Å². The lowest BCUT2D eigenvalue weighted by Gasteiger charge is -2.32. The average Bonchev–Trinajstić information content (AvgIpc) is 2.47. The molecule has 1 aromatic rings. The van der Waals surface area contributed by atoms with Crippen molar-refractivity contribution in [1.82, 2.24) is 4.90 Å². The highest BCUT2D eigenvalue weighted by Crippen LogP contribution is 2.28. The largest absolute Gasteiger partial charge is 0.493 e. The van der Waals surface area contributed by atoms with E-state index in [-0.39, 0.29) is 6.10 Å². The Balaban J connectivity index is 2.02. The summed E-state index contributed by atoms with van der Waals surface area (Å²) in [5.41, 5.74) is 6.86. The highest BCUT2D eigenvalue weighted by Gasteiger charge is 2.19. The van der Waals surface area contributed by atoms with E-state index in [4.69, 9.17) is 19.9 Å². The van der Waals surface area contributed by atoms with Gasteiger partial charge in [0.05, 0.1) is 26.9 Å². The Hall–Kier alpha value is -1.30. The van der Waals surface area contributed by atoms with E-state index in [1.165, 1.54) is 5.56 Å². The molecule has 5 heteroatoms. The predicted octanol–water partition coefficient (Wildman–Crippen LogP) is 0.863. The lowest BCUT2D eigenvalue weighted by atomic mass is 10.1. The van der Waals surface area contributed by atoms with Gasteiger partial charge in [-0.3, -0.25) is 4.90 Å². The van der Waals surface area contributed by atoms with Crippen molar-refractivity contribution in [2.45, 2.75) is 12.6 Å². The summed E-state index contributed by atoms with van der Waals surface area (Å²) in [4.78, 5) is 2.35. The topological polar surface area (TPSA) is 57.0 Å². The number of ether oxygens (including phenoxy) is 3. The number of hydrogen-bond acceptors (Lipinski definition) is 5. The summed E-state index contributed by atoms with van der Waals surface area (Å²) in [7, 11) is 3.30. The number of rotatable bonds is 5. The molecule has 1 fully saturated rings. The third kappa shape index (κ3) is 3.59. The van der Waals surface area contributed by atoms with Crippen molar-refractivity contribution in [2.75, 3.05) is 40.5 Å². The Morgan fingerprint density at radius 3 is 2.79 bits per heavy atom. The van der Waals surface area contributed by atoms with Crippen LogP contribution in [0.15, 0.2) is 18.2 Å². The Labute approximate surface area is 114 Å². The van der Waals surface area contributed by atoms with Crippen LogP contribution in [0.5, 0.6) is 11.5 Å². The van der Waals surface area contributed by atoms with Gasteiger partial charge in [0.15, 0.2) is 11.5 Å². The number of nitrogens with two attached hydrogens (primary N) is 1. The zero-order chi connectivity index (χ0) is 13.7. The summed E-state index contributed by atoms with van der Waals surface area (Å²) >= 11 is 0. The molecule has 0 aliphatic carbocycles. The molecule has 19 heavy (non-hydrogen) atoms. The highest BCUT2D eigenvalue weighted by atomic mass is 16.5. The molecule has 1 saturated heterocycles. The van der Waals surface area contributed by atoms with Crippen LogP contribution in [0.4, 0.5) is 0 Å². The van der Waals surface area contributed by atoms with Crippen molar-refractivity contribution in [2.24, 2.45) is 5.73 Å². The Morgan fingerprint density at radius 1 is 1.32 bits per heavy atom. The van der Waals surface area contributed by atoms with E-state index in [0.717, 1.165) is 37.7 Å². The van der Waals surface area contributed by atoms with Crippen LogP contribution in [-0.4, -0.2) is 51.5 Å². The van der Waals surface area contributed by atoms with Gasteiger partial charge in [-0.05, 0) is 17.7 Å². The molecule has 5 nitrogen and oxygen atoms in total. The van der Waals surface area contributed by atoms with E-state index in [0.29, 0.717) is 6.54 Å². The smallest absolute Gasteiger partial charge is 0.161 e. The number of hydrogen-bond donors (Lipinski definition) is 1. The molecule has 1 unspecified atom stereocenters. The van der Waals surface area contributed by atoms with Crippen LogP contribution in [0, 0.1) is 0 Å². The molecule has 0 bridgehead atoms. The normalized spacial score (nSPS) is 20.3. The molecular formula is C14H22N2O3. The molecule has 1 atom stereocenters. The van der Waals surface area contributed by atoms with Gasteiger partial charge in [0, 0.05) is 26.2 Å². The Morgan fingerprint density at radius 2 is 2.11 bits per heavy atom. The fraction of sp³-hybridized carbons (Fsp3) is 0.571. The molecule has 0 aromatic heterocycles. The fourth-order valence-corrected chi connectivity index (χ4v) is 2.30. The van der Waals surface area contributed by atoms with E-state index >= 15 is 0 Å². The second kappa shape index (κ2) is 6.75. The van der Waals surface area contributed by atoms with Gasteiger partial charge in [-0.15, -0.1) is 0 Å². The SMILES string of the molecule is COc1ccc(CN2CCOC(CN)C2)cc1OC. The molecule has 1 aromatic carbocycles. The second-order valence-corrected chi connectivity index (χ2v) is 4.65. The van der Waals surface area contributed by atoms with Gasteiger partial charge in [0.25, 0.3) is 0 Å². The van der Waals surface area contributed by atoms with Crippen molar-refractivity contribution in [1.29, 1.82) is 0 Å². The standard InChI is InChI=1S/C14H22N2O3/c1-17-13-4-3-11(7-14(13)18-2)9-16-5-6-19-12(8-15)10-16/h3-4,7,12H,5-6,8-10,15H2,1-2H3. The van der Waals surface area contributed by atoms with Crippen LogP contribution in [0.1, 0.15) is 5.56 Å².